The Labute approximate surface area is 220 Å². The Morgan fingerprint density at radius 3 is 2.84 bits per heavy atom. The molecule has 1 atom stereocenters. The summed E-state index contributed by atoms with van der Waals surface area (Å²) in [6.45, 7) is 9.47. The number of carbonyl (C=O) groups is 1. The number of nitrogens with one attached hydrogen (secondary N) is 2. The van der Waals surface area contributed by atoms with Crippen LogP contribution in [-0.2, 0) is 11.3 Å². The maximum Gasteiger partial charge on any atom is 0.254 e. The average Bonchev–Trinajstić information content (AvgIpc) is 3.53. The van der Waals surface area contributed by atoms with Crippen molar-refractivity contribution in [1.82, 2.24) is 19.7 Å². The van der Waals surface area contributed by atoms with Crippen LogP contribution >= 0.6 is 0 Å². The highest BCUT2D eigenvalue weighted by Crippen LogP contribution is 2.36. The number of nitrogens with zero attached hydrogens (tertiary/aromatic N) is 4. The molecule has 2 aliphatic rings. The molecule has 3 aromatic heterocycles. The van der Waals surface area contributed by atoms with Gasteiger partial charge < -0.3 is 20.3 Å². The van der Waals surface area contributed by atoms with Gasteiger partial charge >= 0.3 is 0 Å². The van der Waals surface area contributed by atoms with E-state index in [1.165, 1.54) is 12.1 Å². The minimum absolute atomic E-state index is 0.111. The van der Waals surface area contributed by atoms with Crippen molar-refractivity contribution in [2.24, 2.45) is 5.41 Å². The molecule has 2 aliphatic heterocycles. The summed E-state index contributed by atoms with van der Waals surface area (Å²) in [5.41, 5.74) is 5.51. The Morgan fingerprint density at radius 1 is 1.18 bits per heavy atom. The van der Waals surface area contributed by atoms with E-state index in [9.17, 15) is 9.18 Å². The van der Waals surface area contributed by atoms with Crippen LogP contribution in [0.25, 0.3) is 16.9 Å². The fourth-order valence-electron chi connectivity index (χ4n) is 5.22. The van der Waals surface area contributed by atoms with Gasteiger partial charge in [-0.2, -0.15) is 0 Å². The van der Waals surface area contributed by atoms with Crippen molar-refractivity contribution >= 4 is 28.7 Å². The molecule has 0 spiro atoms. The third-order valence-corrected chi connectivity index (χ3v) is 7.94. The first-order chi connectivity index (χ1) is 18.3. The van der Waals surface area contributed by atoms with E-state index in [-0.39, 0.29) is 23.2 Å². The first-order valence-electron chi connectivity index (χ1n) is 13.0. The molecule has 2 N–H and O–H groups in total. The van der Waals surface area contributed by atoms with Gasteiger partial charge in [0.1, 0.15) is 17.3 Å². The number of aromatic nitrogens is 3. The van der Waals surface area contributed by atoms with Crippen LogP contribution in [-0.4, -0.2) is 46.1 Å². The lowest BCUT2D eigenvalue weighted by Gasteiger charge is -2.41. The lowest BCUT2D eigenvalue weighted by atomic mass is 9.83. The summed E-state index contributed by atoms with van der Waals surface area (Å²) in [7, 11) is 0. The van der Waals surface area contributed by atoms with Crippen molar-refractivity contribution < 1.29 is 13.9 Å². The number of carbonyl (C=O) groups excluding carboxylic acids is 1. The zero-order valence-electron chi connectivity index (χ0n) is 21.8. The number of pyridine rings is 2. The van der Waals surface area contributed by atoms with Gasteiger partial charge in [-0.1, -0.05) is 26.8 Å². The fraction of sp³-hybridized carbons (Fsp3) is 0.345. The lowest BCUT2D eigenvalue weighted by Crippen LogP contribution is -2.48. The first kappa shape index (κ1) is 24.4. The summed E-state index contributed by atoms with van der Waals surface area (Å²) in [6, 6.07) is 10.6. The van der Waals surface area contributed by atoms with Crippen LogP contribution in [0, 0.1) is 11.2 Å². The maximum absolute atomic E-state index is 13.7. The summed E-state index contributed by atoms with van der Waals surface area (Å²) in [5.74, 6) is 0.180. The summed E-state index contributed by atoms with van der Waals surface area (Å²) < 4.78 is 21.6. The number of halogens is 1. The van der Waals surface area contributed by atoms with E-state index in [1.807, 2.05) is 28.8 Å². The van der Waals surface area contributed by atoms with E-state index < -0.39 is 0 Å². The largest absolute Gasteiger partial charge is 0.374 e. The van der Waals surface area contributed by atoms with Crippen LogP contribution in [0.15, 0.2) is 55.0 Å². The van der Waals surface area contributed by atoms with Crippen molar-refractivity contribution in [3.05, 3.63) is 71.9 Å². The molecule has 1 saturated heterocycles. The quantitative estimate of drug-likeness (QED) is 0.370. The minimum atomic E-state index is -0.340. The Kier molecular flexibility index (Phi) is 6.03. The molecule has 38 heavy (non-hydrogen) atoms. The van der Waals surface area contributed by atoms with Gasteiger partial charge in [0.25, 0.3) is 5.91 Å². The smallest absolute Gasteiger partial charge is 0.254 e. The molecule has 0 radical (unpaired) electrons. The Morgan fingerprint density at radius 2 is 2.05 bits per heavy atom. The van der Waals surface area contributed by atoms with Gasteiger partial charge in [0.05, 0.1) is 47.7 Å². The SMILES string of the molecule is CCC(C)(C)[C@@H]1CN(c2ccc(Nc3ccc(-c4cnc5cc(F)ccn45)c4c3C(=O)NC4)nc2)CCO1. The van der Waals surface area contributed by atoms with Crippen LogP contribution in [0.5, 0.6) is 0 Å². The predicted molar refractivity (Wildman–Crippen MR) is 145 cm³/mol. The molecule has 0 unspecified atom stereocenters. The van der Waals surface area contributed by atoms with E-state index in [0.717, 1.165) is 42.0 Å². The summed E-state index contributed by atoms with van der Waals surface area (Å²) in [5, 5.41) is 6.27. The Hall–Kier alpha value is -3.98. The number of hydrogen-bond acceptors (Lipinski definition) is 6. The molecule has 196 valence electrons. The highest BCUT2D eigenvalue weighted by Gasteiger charge is 2.33. The average molecular weight is 515 g/mol. The van der Waals surface area contributed by atoms with Crippen molar-refractivity contribution in [1.29, 1.82) is 0 Å². The second kappa shape index (κ2) is 9.40. The highest BCUT2D eigenvalue weighted by molar-refractivity contribution is 6.06. The number of rotatable bonds is 6. The molecule has 4 aromatic rings. The molecule has 1 fully saturated rings. The molecular weight excluding hydrogens is 483 g/mol. The summed E-state index contributed by atoms with van der Waals surface area (Å²) >= 11 is 0. The van der Waals surface area contributed by atoms with E-state index in [0.29, 0.717) is 35.9 Å². The van der Waals surface area contributed by atoms with Crippen LogP contribution < -0.4 is 15.5 Å². The van der Waals surface area contributed by atoms with Gasteiger partial charge in [0, 0.05) is 37.5 Å². The molecule has 1 aromatic carbocycles. The standard InChI is InChI=1S/C29H31FN6O2/c1-4-29(2,3)24-17-35(11-12-38-24)19-5-8-25(31-14-19)34-22-7-6-20(21-15-33-28(37)27(21)22)23-16-32-26-13-18(30)9-10-36(23)26/h5-10,13-14,16,24H,4,11-12,15,17H2,1-3H3,(H,31,34)(H,33,37)/t24-/m0/s1. The van der Waals surface area contributed by atoms with Crippen molar-refractivity contribution in [3.8, 4) is 11.3 Å². The minimum Gasteiger partial charge on any atom is -0.374 e. The fourth-order valence-corrected chi connectivity index (χ4v) is 5.22. The van der Waals surface area contributed by atoms with Gasteiger partial charge in [0.2, 0.25) is 0 Å². The second-order valence-corrected chi connectivity index (χ2v) is 10.6. The molecular formula is C29H31FN6O2. The van der Waals surface area contributed by atoms with Crippen molar-refractivity contribution in [3.63, 3.8) is 0 Å². The number of hydrogen-bond donors (Lipinski definition) is 2. The van der Waals surface area contributed by atoms with E-state index in [1.54, 1.807) is 12.4 Å². The molecule has 9 heteroatoms. The Balaban J connectivity index is 1.26. The van der Waals surface area contributed by atoms with E-state index in [4.69, 9.17) is 4.74 Å². The maximum atomic E-state index is 13.7. The second-order valence-electron chi connectivity index (χ2n) is 10.6. The van der Waals surface area contributed by atoms with Gasteiger partial charge in [-0.05, 0) is 41.7 Å². The molecule has 6 rings (SSSR count). The highest BCUT2D eigenvalue weighted by atomic mass is 19.1. The number of morpholine rings is 1. The number of imidazole rings is 1. The monoisotopic (exact) mass is 514 g/mol. The summed E-state index contributed by atoms with van der Waals surface area (Å²) in [6.07, 6.45) is 6.46. The first-order valence-corrected chi connectivity index (χ1v) is 13.0. The summed E-state index contributed by atoms with van der Waals surface area (Å²) in [4.78, 5) is 24.2. The normalized spacial score (nSPS) is 17.5. The Bertz CT molecular complexity index is 1510. The van der Waals surface area contributed by atoms with Crippen LogP contribution in [0.4, 0.5) is 21.6 Å². The van der Waals surface area contributed by atoms with Crippen LogP contribution in [0.3, 0.4) is 0 Å². The number of amides is 1. The molecule has 8 nitrogen and oxygen atoms in total. The van der Waals surface area contributed by atoms with Gasteiger partial charge in [0.15, 0.2) is 0 Å². The third kappa shape index (κ3) is 4.26. The third-order valence-electron chi connectivity index (χ3n) is 7.94. The number of ether oxygens (including phenoxy) is 1. The van der Waals surface area contributed by atoms with E-state index in [2.05, 4.69) is 52.3 Å². The molecule has 0 bridgehead atoms. The van der Waals surface area contributed by atoms with Crippen molar-refractivity contribution in [2.75, 3.05) is 29.9 Å². The molecule has 0 aliphatic carbocycles. The van der Waals surface area contributed by atoms with Gasteiger partial charge in [-0.25, -0.2) is 14.4 Å². The molecule has 1 amide bonds. The zero-order valence-corrected chi connectivity index (χ0v) is 21.8. The van der Waals surface area contributed by atoms with E-state index >= 15 is 0 Å². The lowest BCUT2D eigenvalue weighted by molar-refractivity contribution is -0.0357. The van der Waals surface area contributed by atoms with Gasteiger partial charge in [-0.15, -0.1) is 0 Å². The van der Waals surface area contributed by atoms with Crippen molar-refractivity contribution in [2.45, 2.75) is 39.8 Å². The molecule has 0 saturated carbocycles. The van der Waals surface area contributed by atoms with Crippen LogP contribution in [0.1, 0.15) is 43.1 Å². The topological polar surface area (TPSA) is 83.8 Å². The number of fused-ring (bicyclic) bond motifs is 2. The predicted octanol–water partition coefficient (Wildman–Crippen LogP) is 5.16. The van der Waals surface area contributed by atoms with Gasteiger partial charge in [-0.3, -0.25) is 9.20 Å². The zero-order chi connectivity index (χ0) is 26.4. The number of anilines is 3. The molecule has 5 heterocycles. The number of benzene rings is 1. The van der Waals surface area contributed by atoms with Crippen LogP contribution in [0.2, 0.25) is 0 Å².